The quantitative estimate of drug-likeness (QED) is 0.623. The van der Waals surface area contributed by atoms with Gasteiger partial charge in [-0.1, -0.05) is 6.92 Å². The van der Waals surface area contributed by atoms with E-state index in [9.17, 15) is 0 Å². The van der Waals surface area contributed by atoms with Crippen LogP contribution in [0, 0.1) is 11.8 Å². The molecule has 2 N–H and O–H groups in total. The smallest absolute Gasteiger partial charge is 0.290 e. The van der Waals surface area contributed by atoms with Crippen molar-refractivity contribution in [2.75, 3.05) is 56.6 Å². The van der Waals surface area contributed by atoms with E-state index >= 15 is 0 Å². The molecule has 0 unspecified atom stereocenters. The summed E-state index contributed by atoms with van der Waals surface area (Å²) in [6, 6.07) is 2.21. The van der Waals surface area contributed by atoms with Gasteiger partial charge in [-0.3, -0.25) is 9.59 Å². The third-order valence-electron chi connectivity index (χ3n) is 7.19. The molecule has 0 amide bonds. The van der Waals surface area contributed by atoms with E-state index in [1.807, 2.05) is 0 Å². The van der Waals surface area contributed by atoms with Crippen LogP contribution in [0.25, 0.3) is 0 Å². The number of anilines is 2. The minimum Gasteiger partial charge on any atom is -0.483 e. The van der Waals surface area contributed by atoms with E-state index in [1.54, 1.807) is 0 Å². The minimum absolute atomic E-state index is 0.0660. The lowest BCUT2D eigenvalue weighted by atomic mass is 9.73. The Hall–Kier alpha value is -2.46. The Bertz CT molecular complexity index is 797. The average Bonchev–Trinajstić information content (AvgIpc) is 3.56. The number of ether oxygens (including phenoxy) is 1. The first-order valence-electron chi connectivity index (χ1n) is 11.8. The normalized spacial score (nSPS) is 29.3. The average molecular weight is 464 g/mol. The van der Waals surface area contributed by atoms with Crippen molar-refractivity contribution in [1.82, 2.24) is 14.9 Å². The number of hydrogen-bond donors (Lipinski definition) is 2. The topological polar surface area (TPSA) is 119 Å². The largest absolute Gasteiger partial charge is 0.483 e. The van der Waals surface area contributed by atoms with E-state index in [-0.39, 0.29) is 18.5 Å². The van der Waals surface area contributed by atoms with Gasteiger partial charge in [0.15, 0.2) is 0 Å². The molecule has 4 fully saturated rings. The molecule has 4 saturated heterocycles. The molecule has 184 valence electrons. The minimum atomic E-state index is -0.250. The number of carbonyl (C=O) groups is 2. The fraction of sp³-hybridized carbons (Fsp3) is 0.739. The molecule has 0 radical (unpaired) electrons. The number of carboxylic acid groups (broad SMARTS) is 2. The van der Waals surface area contributed by atoms with Crippen molar-refractivity contribution < 1.29 is 24.5 Å². The van der Waals surface area contributed by atoms with Gasteiger partial charge in [-0.05, 0) is 46.2 Å². The zero-order valence-corrected chi connectivity index (χ0v) is 19.9. The predicted molar refractivity (Wildman–Crippen MR) is 125 cm³/mol. The molecule has 0 saturated carbocycles. The van der Waals surface area contributed by atoms with Crippen LogP contribution >= 0.6 is 0 Å². The first-order chi connectivity index (χ1) is 15.9. The molecule has 4 aliphatic rings. The highest BCUT2D eigenvalue weighted by atomic mass is 16.5. The Kier molecular flexibility index (Phi) is 8.47. The zero-order valence-electron chi connectivity index (χ0n) is 19.9. The van der Waals surface area contributed by atoms with Crippen molar-refractivity contribution in [3.63, 3.8) is 0 Å². The van der Waals surface area contributed by atoms with Gasteiger partial charge in [0.25, 0.3) is 12.9 Å². The van der Waals surface area contributed by atoms with Crippen LogP contribution in [-0.4, -0.2) is 96.5 Å². The second-order valence-electron chi connectivity index (χ2n) is 9.45. The monoisotopic (exact) mass is 463 g/mol. The summed E-state index contributed by atoms with van der Waals surface area (Å²) in [7, 11) is 4.37. The first kappa shape index (κ1) is 25.2. The SMILES string of the molecule is CCc1cc(N2C[C@@H]3[C@H](CN(C)C)[C@H]4CC[C@]3(C2)O4)nc(N2CCCC2)n1.O=CO.O=CO. The summed E-state index contributed by atoms with van der Waals surface area (Å²) in [5.41, 5.74) is 1.22. The molecule has 1 aromatic rings. The zero-order chi connectivity index (χ0) is 24.0. The van der Waals surface area contributed by atoms with Crippen LogP contribution in [0.5, 0.6) is 0 Å². The van der Waals surface area contributed by atoms with Gasteiger partial charge in [-0.2, -0.15) is 4.98 Å². The maximum atomic E-state index is 8.36. The van der Waals surface area contributed by atoms with Crippen molar-refractivity contribution in [2.24, 2.45) is 11.8 Å². The fourth-order valence-corrected chi connectivity index (χ4v) is 5.90. The highest BCUT2D eigenvalue weighted by Gasteiger charge is 2.63. The van der Waals surface area contributed by atoms with E-state index < -0.39 is 0 Å². The lowest BCUT2D eigenvalue weighted by Gasteiger charge is -2.30. The number of aromatic nitrogens is 2. The molecule has 1 spiro atoms. The molecular formula is C23H37N5O5. The molecule has 10 heteroatoms. The summed E-state index contributed by atoms with van der Waals surface area (Å²) in [6.07, 6.45) is 6.38. The standard InChI is InChI=1S/C21H33N5O.2CH2O2/c1-4-15-11-19(23-20(22-15)25-9-5-6-10-25)26-13-17-16(12-24(2)3)18-7-8-21(17,14-26)27-18;2*2-1-3/h11,16-18H,4-10,12-14H2,1-3H3;2*1H,(H,2,3)/t16-,17+,18+,21+;;/m0../s1. The summed E-state index contributed by atoms with van der Waals surface area (Å²) < 4.78 is 6.61. The van der Waals surface area contributed by atoms with Crippen molar-refractivity contribution in [3.8, 4) is 0 Å². The van der Waals surface area contributed by atoms with Crippen LogP contribution in [0.3, 0.4) is 0 Å². The summed E-state index contributed by atoms with van der Waals surface area (Å²) in [6.45, 7) is 7.08. The van der Waals surface area contributed by atoms with Gasteiger partial charge in [0, 0.05) is 56.3 Å². The van der Waals surface area contributed by atoms with Crippen molar-refractivity contribution in [1.29, 1.82) is 0 Å². The van der Waals surface area contributed by atoms with Crippen LogP contribution < -0.4 is 9.80 Å². The molecule has 10 nitrogen and oxygen atoms in total. The molecule has 4 atom stereocenters. The predicted octanol–water partition coefficient (Wildman–Crippen LogP) is 1.59. The van der Waals surface area contributed by atoms with Gasteiger partial charge in [0.05, 0.1) is 11.7 Å². The fourth-order valence-electron chi connectivity index (χ4n) is 5.90. The summed E-state index contributed by atoms with van der Waals surface area (Å²) in [5.74, 6) is 3.34. The molecule has 2 bridgehead atoms. The van der Waals surface area contributed by atoms with Crippen LogP contribution in [0.4, 0.5) is 11.8 Å². The molecule has 33 heavy (non-hydrogen) atoms. The second-order valence-corrected chi connectivity index (χ2v) is 9.45. The molecule has 1 aromatic heterocycles. The molecule has 0 aromatic carbocycles. The van der Waals surface area contributed by atoms with Gasteiger partial charge in [-0.25, -0.2) is 4.98 Å². The van der Waals surface area contributed by atoms with E-state index in [1.165, 1.54) is 25.7 Å². The number of aryl methyl sites for hydroxylation is 1. The Morgan fingerprint density at radius 3 is 2.45 bits per heavy atom. The Labute approximate surface area is 195 Å². The van der Waals surface area contributed by atoms with E-state index in [2.05, 4.69) is 41.8 Å². The van der Waals surface area contributed by atoms with Gasteiger partial charge in [-0.15, -0.1) is 0 Å². The highest BCUT2D eigenvalue weighted by molar-refractivity contribution is 5.49. The maximum absolute atomic E-state index is 8.36. The maximum Gasteiger partial charge on any atom is 0.290 e. The van der Waals surface area contributed by atoms with Gasteiger partial charge < -0.3 is 29.6 Å². The van der Waals surface area contributed by atoms with Crippen LogP contribution in [0.2, 0.25) is 0 Å². The van der Waals surface area contributed by atoms with Crippen molar-refractivity contribution >= 4 is 24.7 Å². The van der Waals surface area contributed by atoms with Gasteiger partial charge in [0.1, 0.15) is 5.82 Å². The summed E-state index contributed by atoms with van der Waals surface area (Å²) >= 11 is 0. The van der Waals surface area contributed by atoms with E-state index in [4.69, 9.17) is 34.5 Å². The van der Waals surface area contributed by atoms with Crippen LogP contribution in [0.15, 0.2) is 6.07 Å². The third kappa shape index (κ3) is 5.38. The Balaban J connectivity index is 0.000000464. The molecule has 4 aliphatic heterocycles. The van der Waals surface area contributed by atoms with Crippen LogP contribution in [-0.2, 0) is 20.7 Å². The van der Waals surface area contributed by atoms with Crippen LogP contribution in [0.1, 0.15) is 38.3 Å². The number of hydrogen-bond acceptors (Lipinski definition) is 8. The lowest BCUT2D eigenvalue weighted by molar-refractivity contribution is -0.123. The van der Waals surface area contributed by atoms with E-state index in [0.717, 1.165) is 56.6 Å². The Morgan fingerprint density at radius 2 is 1.85 bits per heavy atom. The number of nitrogens with zero attached hydrogens (tertiary/aromatic N) is 5. The number of fused-ring (bicyclic) bond motifs is 1. The summed E-state index contributed by atoms with van der Waals surface area (Å²) in [5, 5.41) is 13.8. The van der Waals surface area contributed by atoms with Crippen molar-refractivity contribution in [3.05, 3.63) is 11.8 Å². The molecular weight excluding hydrogens is 426 g/mol. The van der Waals surface area contributed by atoms with Gasteiger partial charge >= 0.3 is 0 Å². The third-order valence-corrected chi connectivity index (χ3v) is 7.19. The highest BCUT2D eigenvalue weighted by Crippen LogP contribution is 2.55. The van der Waals surface area contributed by atoms with Crippen molar-refractivity contribution in [2.45, 2.75) is 50.7 Å². The molecule has 0 aliphatic carbocycles. The van der Waals surface area contributed by atoms with Gasteiger partial charge in [0.2, 0.25) is 5.95 Å². The number of rotatable bonds is 5. The van der Waals surface area contributed by atoms with E-state index in [0.29, 0.717) is 17.9 Å². The first-order valence-corrected chi connectivity index (χ1v) is 11.8. The molecule has 5 rings (SSSR count). The lowest BCUT2D eigenvalue weighted by Crippen LogP contribution is -2.40. The second kappa shape index (κ2) is 11.1. The Morgan fingerprint density at radius 1 is 1.18 bits per heavy atom. The summed E-state index contributed by atoms with van der Waals surface area (Å²) in [4.78, 5) is 33.7. The molecule has 5 heterocycles.